The summed E-state index contributed by atoms with van der Waals surface area (Å²) >= 11 is 0. The molecule has 1 amide bonds. The van der Waals surface area contributed by atoms with Gasteiger partial charge in [-0.25, -0.2) is 0 Å². The smallest absolute Gasteiger partial charge is 0.263 e. The summed E-state index contributed by atoms with van der Waals surface area (Å²) in [5, 5.41) is 8.06. The summed E-state index contributed by atoms with van der Waals surface area (Å²) in [7, 11) is 0. The minimum absolute atomic E-state index is 0.106. The van der Waals surface area contributed by atoms with Gasteiger partial charge < -0.3 is 13.9 Å². The van der Waals surface area contributed by atoms with Crippen molar-refractivity contribution in [2.45, 2.75) is 40.2 Å². The van der Waals surface area contributed by atoms with Crippen LogP contribution < -0.4 is 0 Å². The van der Waals surface area contributed by atoms with Gasteiger partial charge in [-0.1, -0.05) is 34.1 Å². The number of aromatic nitrogens is 3. The van der Waals surface area contributed by atoms with Crippen LogP contribution in [-0.2, 0) is 11.3 Å². The average molecular weight is 397 g/mol. The molecular weight excluding hydrogens is 370 g/mol. The second-order valence-corrected chi connectivity index (χ2v) is 7.76. The molecule has 2 aromatic rings. The number of nitrogens with zero attached hydrogens (tertiary/aromatic N) is 5. The maximum atomic E-state index is 12.9. The van der Waals surface area contributed by atoms with E-state index in [2.05, 4.69) is 32.3 Å². The van der Waals surface area contributed by atoms with Crippen LogP contribution in [-0.4, -0.2) is 57.2 Å². The summed E-state index contributed by atoms with van der Waals surface area (Å²) in [6, 6.07) is 0. The van der Waals surface area contributed by atoms with E-state index in [1.165, 1.54) is 0 Å². The first-order valence-electron chi connectivity index (χ1n) is 10.1. The van der Waals surface area contributed by atoms with Crippen LogP contribution in [0.15, 0.2) is 32.8 Å². The predicted octanol–water partition coefficient (Wildman–Crippen LogP) is 2.90. The molecule has 1 fully saturated rings. The van der Waals surface area contributed by atoms with Crippen molar-refractivity contribution in [3.05, 3.63) is 41.1 Å². The topological polar surface area (TPSA) is 88.5 Å². The number of amides is 1. The van der Waals surface area contributed by atoms with Crippen LogP contribution in [0.1, 0.15) is 37.0 Å². The van der Waals surface area contributed by atoms with Gasteiger partial charge in [0.05, 0.1) is 18.2 Å². The van der Waals surface area contributed by atoms with E-state index >= 15 is 0 Å². The van der Waals surface area contributed by atoms with Gasteiger partial charge in [0.15, 0.2) is 5.82 Å². The average Bonchev–Trinajstić information content (AvgIpc) is 3.20. The highest BCUT2D eigenvalue weighted by molar-refractivity contribution is 5.83. The number of allylic oxidation sites excluding steroid dienone is 2. The Morgan fingerprint density at radius 2 is 2.00 bits per heavy atom. The second-order valence-electron chi connectivity index (χ2n) is 7.76. The molecule has 0 bridgehead atoms. The highest BCUT2D eigenvalue weighted by Gasteiger charge is 2.27. The zero-order valence-electron chi connectivity index (χ0n) is 17.2. The Bertz CT molecular complexity index is 923. The van der Waals surface area contributed by atoms with E-state index in [1.54, 1.807) is 0 Å². The molecule has 2 aromatic heterocycles. The van der Waals surface area contributed by atoms with E-state index < -0.39 is 0 Å². The Balaban J connectivity index is 1.37. The van der Waals surface area contributed by atoms with E-state index in [9.17, 15) is 4.79 Å². The summed E-state index contributed by atoms with van der Waals surface area (Å²) < 4.78 is 10.6. The number of hydrogen-bond donors (Lipinski definition) is 0. The van der Waals surface area contributed by atoms with E-state index in [4.69, 9.17) is 9.05 Å². The summed E-state index contributed by atoms with van der Waals surface area (Å²) in [6.45, 7) is 9.51. The third-order valence-electron chi connectivity index (χ3n) is 5.64. The molecule has 0 radical (unpaired) electrons. The zero-order chi connectivity index (χ0) is 20.4. The molecule has 0 spiro atoms. The van der Waals surface area contributed by atoms with Crippen LogP contribution >= 0.6 is 0 Å². The largest absolute Gasteiger partial charge is 0.361 e. The molecule has 0 aromatic carbocycles. The first kappa shape index (κ1) is 19.6. The van der Waals surface area contributed by atoms with Crippen LogP contribution in [0.3, 0.4) is 0 Å². The molecule has 2 aliphatic rings. The third-order valence-corrected chi connectivity index (χ3v) is 5.64. The Morgan fingerprint density at radius 3 is 2.76 bits per heavy atom. The Hall–Kier alpha value is -2.74. The summed E-state index contributed by atoms with van der Waals surface area (Å²) in [5.41, 5.74) is 2.65. The van der Waals surface area contributed by atoms with E-state index in [0.29, 0.717) is 30.6 Å². The van der Waals surface area contributed by atoms with Crippen molar-refractivity contribution in [3.63, 3.8) is 0 Å². The molecule has 1 atom stereocenters. The summed E-state index contributed by atoms with van der Waals surface area (Å²) in [4.78, 5) is 21.7. The maximum absolute atomic E-state index is 12.9. The van der Waals surface area contributed by atoms with Crippen molar-refractivity contribution in [2.24, 2.45) is 5.92 Å². The lowest BCUT2D eigenvalue weighted by Gasteiger charge is -2.26. The number of carbonyl (C=O) groups is 1. The maximum Gasteiger partial charge on any atom is 0.263 e. The first-order valence-corrected chi connectivity index (χ1v) is 10.1. The lowest BCUT2D eigenvalue weighted by molar-refractivity contribution is -0.132. The van der Waals surface area contributed by atoms with Gasteiger partial charge in [-0.3, -0.25) is 9.69 Å². The second kappa shape index (κ2) is 8.32. The van der Waals surface area contributed by atoms with Gasteiger partial charge in [0.2, 0.25) is 5.91 Å². The Morgan fingerprint density at radius 1 is 1.14 bits per heavy atom. The standard InChI is InChI=1S/C21H27N5O3/c1-14-7-4-5-8-17(14)21(27)26-10-6-9-25(11-12-26)13-18-22-20(29-24-18)19-15(2)23-28-16(19)3/h5,7-8,17H,4,6,9-13H2,1-3H3. The highest BCUT2D eigenvalue weighted by atomic mass is 16.5. The van der Waals surface area contributed by atoms with Gasteiger partial charge in [0.1, 0.15) is 11.3 Å². The van der Waals surface area contributed by atoms with Crippen molar-refractivity contribution in [1.29, 1.82) is 0 Å². The predicted molar refractivity (Wildman–Crippen MR) is 107 cm³/mol. The normalized spacial score (nSPS) is 20.6. The molecule has 1 unspecified atom stereocenters. The molecule has 1 aliphatic heterocycles. The SMILES string of the molecule is CC1=CCC=CC1C(=O)N1CCCN(Cc2noc(-c3c(C)noc3C)n2)CC1. The highest BCUT2D eigenvalue weighted by Crippen LogP contribution is 2.25. The molecule has 1 saturated heterocycles. The molecule has 0 saturated carbocycles. The number of rotatable bonds is 4. The summed E-state index contributed by atoms with van der Waals surface area (Å²) in [6.07, 6.45) is 8.10. The third kappa shape index (κ3) is 4.17. The van der Waals surface area contributed by atoms with Gasteiger partial charge in [-0.2, -0.15) is 4.98 Å². The molecule has 0 N–H and O–H groups in total. The molecule has 1 aliphatic carbocycles. The minimum Gasteiger partial charge on any atom is -0.361 e. The number of aryl methyl sites for hydroxylation is 2. The molecule has 154 valence electrons. The van der Waals surface area contributed by atoms with Crippen molar-refractivity contribution in [2.75, 3.05) is 26.2 Å². The Labute approximate surface area is 170 Å². The van der Waals surface area contributed by atoms with Crippen LogP contribution in [0.4, 0.5) is 0 Å². The summed E-state index contributed by atoms with van der Waals surface area (Å²) in [5.74, 6) is 1.84. The van der Waals surface area contributed by atoms with Crippen LogP contribution in [0.25, 0.3) is 11.5 Å². The fourth-order valence-corrected chi connectivity index (χ4v) is 3.98. The fourth-order valence-electron chi connectivity index (χ4n) is 3.98. The van der Waals surface area contributed by atoms with Crippen molar-refractivity contribution in [1.82, 2.24) is 25.1 Å². The zero-order valence-corrected chi connectivity index (χ0v) is 17.2. The van der Waals surface area contributed by atoms with E-state index in [-0.39, 0.29) is 11.8 Å². The molecule has 8 nitrogen and oxygen atoms in total. The molecule has 3 heterocycles. The number of carbonyl (C=O) groups excluding carboxylic acids is 1. The van der Waals surface area contributed by atoms with Crippen LogP contribution in [0.2, 0.25) is 0 Å². The van der Waals surface area contributed by atoms with Crippen molar-refractivity contribution >= 4 is 5.91 Å². The molecular formula is C21H27N5O3. The quantitative estimate of drug-likeness (QED) is 0.733. The van der Waals surface area contributed by atoms with Crippen molar-refractivity contribution in [3.8, 4) is 11.5 Å². The first-order chi connectivity index (χ1) is 14.0. The lowest BCUT2D eigenvalue weighted by Crippen LogP contribution is -2.39. The van der Waals surface area contributed by atoms with Crippen LogP contribution in [0.5, 0.6) is 0 Å². The fraction of sp³-hybridized carbons (Fsp3) is 0.524. The van der Waals surface area contributed by atoms with E-state index in [0.717, 1.165) is 49.3 Å². The van der Waals surface area contributed by atoms with Gasteiger partial charge in [-0.15, -0.1) is 0 Å². The number of hydrogen-bond acceptors (Lipinski definition) is 7. The van der Waals surface area contributed by atoms with Gasteiger partial charge in [0, 0.05) is 26.2 Å². The van der Waals surface area contributed by atoms with Crippen LogP contribution in [0, 0.1) is 19.8 Å². The van der Waals surface area contributed by atoms with Crippen molar-refractivity contribution < 1.29 is 13.8 Å². The van der Waals surface area contributed by atoms with E-state index in [1.807, 2.05) is 31.7 Å². The molecule has 29 heavy (non-hydrogen) atoms. The molecule has 8 heteroatoms. The molecule has 4 rings (SSSR count). The monoisotopic (exact) mass is 397 g/mol. The lowest BCUT2D eigenvalue weighted by atomic mass is 9.93. The minimum atomic E-state index is -0.106. The Kier molecular flexibility index (Phi) is 5.62. The van der Waals surface area contributed by atoms with Gasteiger partial charge in [0.25, 0.3) is 5.89 Å². The van der Waals surface area contributed by atoms with Gasteiger partial charge >= 0.3 is 0 Å². The van der Waals surface area contributed by atoms with Gasteiger partial charge in [-0.05, 0) is 33.6 Å².